The van der Waals surface area contributed by atoms with Gasteiger partial charge in [-0.1, -0.05) is 13.8 Å². The van der Waals surface area contributed by atoms with E-state index in [1.54, 1.807) is 0 Å². The largest absolute Gasteiger partial charge is 0.324 e. The van der Waals surface area contributed by atoms with E-state index in [1.165, 1.54) is 0 Å². The number of nitrogens with zero attached hydrogens (tertiary/aromatic N) is 2. The molecule has 18 heavy (non-hydrogen) atoms. The van der Waals surface area contributed by atoms with E-state index in [1.807, 2.05) is 43.6 Å². The maximum Gasteiger partial charge on any atom is 0.142 e. The maximum atomic E-state index is 5.89. The highest BCUT2D eigenvalue weighted by Crippen LogP contribution is 2.43. The standard InChI is InChI=1S/C13H21N3S2/c1-7(14)11-5-15-13(16-8(11)2)12-6-17-9(3)10(4)18-12/h5,7,9-10,12H,6,14H2,1-4H3. The van der Waals surface area contributed by atoms with Gasteiger partial charge < -0.3 is 5.73 Å². The lowest BCUT2D eigenvalue weighted by atomic mass is 10.1. The number of nitrogens with two attached hydrogens (primary N) is 1. The minimum atomic E-state index is 0.00591. The SMILES string of the molecule is Cc1nc(C2CSC(C)C(C)S2)ncc1C(C)N. The van der Waals surface area contributed by atoms with Crippen LogP contribution in [-0.4, -0.2) is 26.2 Å². The molecule has 4 unspecified atom stereocenters. The number of aromatic nitrogens is 2. The second-order valence-corrected chi connectivity index (χ2v) is 7.92. The van der Waals surface area contributed by atoms with E-state index >= 15 is 0 Å². The molecule has 0 spiro atoms. The van der Waals surface area contributed by atoms with Gasteiger partial charge in [0.25, 0.3) is 0 Å². The lowest BCUT2D eigenvalue weighted by molar-refractivity contribution is 0.769. The summed E-state index contributed by atoms with van der Waals surface area (Å²) in [5.41, 5.74) is 7.96. The Hall–Kier alpha value is -0.260. The predicted octanol–water partition coefficient (Wildman–Crippen LogP) is 3.10. The van der Waals surface area contributed by atoms with E-state index in [0.717, 1.165) is 28.1 Å². The van der Waals surface area contributed by atoms with E-state index in [9.17, 15) is 0 Å². The van der Waals surface area contributed by atoms with Crippen LogP contribution in [0, 0.1) is 6.92 Å². The van der Waals surface area contributed by atoms with Gasteiger partial charge in [-0.25, -0.2) is 9.97 Å². The summed E-state index contributed by atoms with van der Waals surface area (Å²) in [6, 6.07) is 0.00591. The Kier molecular flexibility index (Phi) is 4.56. The quantitative estimate of drug-likeness (QED) is 0.904. The first-order chi connectivity index (χ1) is 8.49. The molecule has 1 aliphatic heterocycles. The molecule has 1 aromatic heterocycles. The molecule has 2 heterocycles. The van der Waals surface area contributed by atoms with E-state index in [-0.39, 0.29) is 6.04 Å². The minimum Gasteiger partial charge on any atom is -0.324 e. The molecule has 0 saturated carbocycles. The molecule has 0 radical (unpaired) electrons. The van der Waals surface area contributed by atoms with Crippen molar-refractivity contribution in [1.82, 2.24) is 9.97 Å². The van der Waals surface area contributed by atoms with Crippen LogP contribution in [-0.2, 0) is 0 Å². The van der Waals surface area contributed by atoms with Crippen LogP contribution in [0.3, 0.4) is 0 Å². The zero-order valence-corrected chi connectivity index (χ0v) is 13.0. The van der Waals surface area contributed by atoms with Crippen LogP contribution >= 0.6 is 23.5 Å². The second-order valence-electron chi connectivity index (χ2n) is 4.93. The summed E-state index contributed by atoms with van der Waals surface area (Å²) in [5.74, 6) is 2.07. The van der Waals surface area contributed by atoms with Crippen molar-refractivity contribution in [2.24, 2.45) is 5.73 Å². The van der Waals surface area contributed by atoms with Crippen LogP contribution in [0.1, 0.15) is 49.1 Å². The predicted molar refractivity (Wildman–Crippen MR) is 81.1 cm³/mol. The average molecular weight is 283 g/mol. The van der Waals surface area contributed by atoms with Crippen LogP contribution < -0.4 is 5.73 Å². The molecule has 1 aliphatic rings. The number of aryl methyl sites for hydroxylation is 1. The second kappa shape index (κ2) is 5.80. The van der Waals surface area contributed by atoms with E-state index < -0.39 is 0 Å². The lowest BCUT2D eigenvalue weighted by Gasteiger charge is -2.30. The van der Waals surface area contributed by atoms with E-state index in [0.29, 0.717) is 10.5 Å². The number of rotatable bonds is 2. The molecular formula is C13H21N3S2. The van der Waals surface area contributed by atoms with Crippen molar-refractivity contribution in [1.29, 1.82) is 0 Å². The first-order valence-corrected chi connectivity index (χ1v) is 8.34. The third-order valence-corrected chi connectivity index (χ3v) is 6.75. The Morgan fingerprint density at radius 2 is 2.11 bits per heavy atom. The van der Waals surface area contributed by atoms with Gasteiger partial charge in [-0.05, 0) is 13.8 Å². The van der Waals surface area contributed by atoms with E-state index in [4.69, 9.17) is 5.73 Å². The monoisotopic (exact) mass is 283 g/mol. The van der Waals surface area contributed by atoms with Gasteiger partial charge in [0.2, 0.25) is 0 Å². The fourth-order valence-electron chi connectivity index (χ4n) is 2.02. The number of hydrogen-bond donors (Lipinski definition) is 1. The summed E-state index contributed by atoms with van der Waals surface area (Å²) < 4.78 is 0. The molecule has 2 N–H and O–H groups in total. The van der Waals surface area contributed by atoms with Crippen molar-refractivity contribution in [2.75, 3.05) is 5.75 Å². The fourth-order valence-corrected chi connectivity index (χ4v) is 4.87. The summed E-state index contributed by atoms with van der Waals surface area (Å²) in [5, 5.41) is 1.79. The molecule has 4 atom stereocenters. The van der Waals surface area contributed by atoms with Crippen molar-refractivity contribution < 1.29 is 0 Å². The van der Waals surface area contributed by atoms with Crippen LogP contribution in [0.25, 0.3) is 0 Å². The first-order valence-electron chi connectivity index (χ1n) is 6.35. The van der Waals surface area contributed by atoms with Crippen LogP contribution in [0.4, 0.5) is 0 Å². The summed E-state index contributed by atoms with van der Waals surface area (Å²) >= 11 is 4.01. The zero-order valence-electron chi connectivity index (χ0n) is 11.4. The van der Waals surface area contributed by atoms with Gasteiger partial charge in [0.15, 0.2) is 0 Å². The van der Waals surface area contributed by atoms with Gasteiger partial charge in [-0.3, -0.25) is 0 Å². The Bertz CT molecular complexity index is 423. The average Bonchev–Trinajstić information content (AvgIpc) is 2.32. The van der Waals surface area contributed by atoms with Gasteiger partial charge in [0.1, 0.15) is 5.82 Å². The molecule has 0 amide bonds. The van der Waals surface area contributed by atoms with Crippen LogP contribution in [0.15, 0.2) is 6.20 Å². The van der Waals surface area contributed by atoms with Gasteiger partial charge in [0, 0.05) is 39.7 Å². The smallest absolute Gasteiger partial charge is 0.142 e. The van der Waals surface area contributed by atoms with Crippen molar-refractivity contribution in [3.8, 4) is 0 Å². The fraction of sp³-hybridized carbons (Fsp3) is 0.692. The summed E-state index contributed by atoms with van der Waals surface area (Å²) in [6.45, 7) is 8.58. The van der Waals surface area contributed by atoms with Crippen molar-refractivity contribution >= 4 is 23.5 Å². The number of thioether (sulfide) groups is 2. The van der Waals surface area contributed by atoms with E-state index in [2.05, 4.69) is 23.8 Å². The van der Waals surface area contributed by atoms with Crippen molar-refractivity contribution in [3.63, 3.8) is 0 Å². The van der Waals surface area contributed by atoms with Crippen LogP contribution in [0.5, 0.6) is 0 Å². The minimum absolute atomic E-state index is 0.00591. The Balaban J connectivity index is 2.17. The van der Waals surface area contributed by atoms with Gasteiger partial charge in [-0.2, -0.15) is 11.8 Å². The summed E-state index contributed by atoms with van der Waals surface area (Å²) in [7, 11) is 0. The van der Waals surface area contributed by atoms with Gasteiger partial charge in [0.05, 0.1) is 5.25 Å². The molecule has 0 bridgehead atoms. The highest BCUT2D eigenvalue weighted by atomic mass is 32.2. The third kappa shape index (κ3) is 3.00. The first kappa shape index (κ1) is 14.2. The molecule has 0 aromatic carbocycles. The zero-order chi connectivity index (χ0) is 13.3. The molecule has 1 saturated heterocycles. The molecule has 0 aliphatic carbocycles. The van der Waals surface area contributed by atoms with Crippen molar-refractivity contribution in [3.05, 3.63) is 23.3 Å². The van der Waals surface area contributed by atoms with Gasteiger partial charge in [-0.15, -0.1) is 11.8 Å². The summed E-state index contributed by atoms with van der Waals surface area (Å²) in [4.78, 5) is 9.17. The maximum absolute atomic E-state index is 5.89. The molecule has 1 aromatic rings. The molecule has 3 nitrogen and oxygen atoms in total. The topological polar surface area (TPSA) is 51.8 Å². The van der Waals surface area contributed by atoms with Gasteiger partial charge >= 0.3 is 0 Å². The molecule has 2 rings (SSSR count). The molecule has 100 valence electrons. The van der Waals surface area contributed by atoms with Crippen LogP contribution in [0.2, 0.25) is 0 Å². The highest BCUT2D eigenvalue weighted by molar-refractivity contribution is 8.07. The van der Waals surface area contributed by atoms with Crippen molar-refractivity contribution in [2.45, 2.75) is 49.5 Å². The molecule has 5 heteroatoms. The highest BCUT2D eigenvalue weighted by Gasteiger charge is 2.28. The lowest BCUT2D eigenvalue weighted by Crippen LogP contribution is -2.23. The Morgan fingerprint density at radius 1 is 1.39 bits per heavy atom. The third-order valence-electron chi connectivity index (χ3n) is 3.36. The Labute approximate surface area is 118 Å². The number of hydrogen-bond acceptors (Lipinski definition) is 5. The molecular weight excluding hydrogens is 262 g/mol. The normalized spacial score (nSPS) is 30.2. The Morgan fingerprint density at radius 3 is 2.67 bits per heavy atom. The summed E-state index contributed by atoms with van der Waals surface area (Å²) in [6.07, 6.45) is 1.90. The molecule has 1 fully saturated rings.